The van der Waals surface area contributed by atoms with Crippen molar-refractivity contribution in [2.45, 2.75) is 39.3 Å². The molecular formula is C12H22N4O. The van der Waals surface area contributed by atoms with E-state index in [0.717, 1.165) is 38.3 Å². The predicted octanol–water partition coefficient (Wildman–Crippen LogP) is 0.447. The van der Waals surface area contributed by atoms with Crippen LogP contribution < -0.4 is 5.32 Å². The molecule has 2 rings (SSSR count). The molecule has 1 aliphatic rings. The van der Waals surface area contributed by atoms with Crippen LogP contribution in [-0.4, -0.2) is 39.1 Å². The smallest absolute Gasteiger partial charge is 0.138 e. The summed E-state index contributed by atoms with van der Waals surface area (Å²) in [5.41, 5.74) is 0. The molecule has 0 radical (unpaired) electrons. The third-order valence-electron chi connectivity index (χ3n) is 3.25. The number of aliphatic hydroxyl groups excluding tert-OH is 1. The maximum atomic E-state index is 9.94. The van der Waals surface area contributed by atoms with Crippen LogP contribution in [0.4, 0.5) is 0 Å². The van der Waals surface area contributed by atoms with Crippen molar-refractivity contribution in [1.82, 2.24) is 20.1 Å². The minimum atomic E-state index is -0.208. The molecule has 2 unspecified atom stereocenters. The van der Waals surface area contributed by atoms with Gasteiger partial charge in [-0.15, -0.1) is 0 Å². The van der Waals surface area contributed by atoms with Crippen LogP contribution in [0.3, 0.4) is 0 Å². The van der Waals surface area contributed by atoms with Gasteiger partial charge in [-0.3, -0.25) is 0 Å². The third-order valence-corrected chi connectivity index (χ3v) is 3.25. The van der Waals surface area contributed by atoms with Gasteiger partial charge < -0.3 is 10.4 Å². The van der Waals surface area contributed by atoms with E-state index in [-0.39, 0.29) is 12.0 Å². The van der Waals surface area contributed by atoms with Crippen LogP contribution in [0.5, 0.6) is 0 Å². The summed E-state index contributed by atoms with van der Waals surface area (Å²) in [6.07, 6.45) is 3.05. The lowest BCUT2D eigenvalue weighted by molar-refractivity contribution is 0.0774. The summed E-state index contributed by atoms with van der Waals surface area (Å²) in [6.45, 7) is 7.02. The molecule has 1 saturated heterocycles. The van der Waals surface area contributed by atoms with E-state index in [4.69, 9.17) is 0 Å². The van der Waals surface area contributed by atoms with Crippen LogP contribution in [0, 0.1) is 11.8 Å². The Balaban J connectivity index is 1.99. The van der Waals surface area contributed by atoms with Gasteiger partial charge in [-0.1, -0.05) is 13.8 Å². The quantitative estimate of drug-likeness (QED) is 0.799. The predicted molar refractivity (Wildman–Crippen MR) is 65.5 cm³/mol. The number of rotatable bonds is 4. The molecule has 96 valence electrons. The van der Waals surface area contributed by atoms with Gasteiger partial charge in [-0.25, -0.2) is 9.67 Å². The van der Waals surface area contributed by atoms with Crippen molar-refractivity contribution in [2.24, 2.45) is 11.8 Å². The second-order valence-corrected chi connectivity index (χ2v) is 5.28. The van der Waals surface area contributed by atoms with Gasteiger partial charge in [0, 0.05) is 25.4 Å². The highest BCUT2D eigenvalue weighted by Gasteiger charge is 2.24. The topological polar surface area (TPSA) is 63.0 Å². The largest absolute Gasteiger partial charge is 0.393 e. The molecule has 1 fully saturated rings. The second-order valence-electron chi connectivity index (χ2n) is 5.28. The first-order valence-electron chi connectivity index (χ1n) is 6.42. The molecule has 17 heavy (non-hydrogen) atoms. The van der Waals surface area contributed by atoms with Crippen LogP contribution in [-0.2, 0) is 13.0 Å². The molecule has 2 N–H and O–H groups in total. The molecule has 1 aromatic rings. The van der Waals surface area contributed by atoms with Crippen LogP contribution >= 0.6 is 0 Å². The normalized spacial score (nSPS) is 25.4. The van der Waals surface area contributed by atoms with Gasteiger partial charge in [0.2, 0.25) is 0 Å². The van der Waals surface area contributed by atoms with Crippen molar-refractivity contribution in [2.75, 3.05) is 13.1 Å². The van der Waals surface area contributed by atoms with Gasteiger partial charge in [0.05, 0.1) is 6.10 Å². The van der Waals surface area contributed by atoms with Crippen molar-refractivity contribution in [1.29, 1.82) is 0 Å². The summed E-state index contributed by atoms with van der Waals surface area (Å²) in [4.78, 5) is 4.31. The SMILES string of the molecule is CC(C)Cn1ncnc1CC1CNCCC1O. The first-order valence-corrected chi connectivity index (χ1v) is 6.42. The van der Waals surface area contributed by atoms with Crippen molar-refractivity contribution in [3.63, 3.8) is 0 Å². The zero-order valence-electron chi connectivity index (χ0n) is 10.6. The fourth-order valence-corrected chi connectivity index (χ4v) is 2.30. The lowest BCUT2D eigenvalue weighted by atomic mass is 9.92. The van der Waals surface area contributed by atoms with Crippen LogP contribution in [0.25, 0.3) is 0 Å². The zero-order valence-corrected chi connectivity index (χ0v) is 10.6. The molecule has 1 aliphatic heterocycles. The van der Waals surface area contributed by atoms with E-state index in [9.17, 15) is 5.11 Å². The number of piperidine rings is 1. The van der Waals surface area contributed by atoms with Crippen molar-refractivity contribution >= 4 is 0 Å². The fraction of sp³-hybridized carbons (Fsp3) is 0.833. The lowest BCUT2D eigenvalue weighted by Crippen LogP contribution is -2.41. The molecule has 0 saturated carbocycles. The Hall–Kier alpha value is -0.940. The third kappa shape index (κ3) is 3.26. The molecule has 0 aliphatic carbocycles. The molecule has 1 aromatic heterocycles. The maximum absolute atomic E-state index is 9.94. The van der Waals surface area contributed by atoms with Gasteiger partial charge in [0.15, 0.2) is 0 Å². The number of aromatic nitrogens is 3. The van der Waals surface area contributed by atoms with Crippen LogP contribution in [0.2, 0.25) is 0 Å². The van der Waals surface area contributed by atoms with E-state index in [1.807, 2.05) is 4.68 Å². The average Bonchev–Trinajstić information content (AvgIpc) is 2.68. The Morgan fingerprint density at radius 3 is 3.12 bits per heavy atom. The first-order chi connectivity index (χ1) is 8.16. The minimum Gasteiger partial charge on any atom is -0.393 e. The number of hydrogen-bond donors (Lipinski definition) is 2. The van der Waals surface area contributed by atoms with Crippen molar-refractivity contribution < 1.29 is 5.11 Å². The number of nitrogens with one attached hydrogen (secondary N) is 1. The lowest BCUT2D eigenvalue weighted by Gasteiger charge is -2.28. The van der Waals surface area contributed by atoms with Gasteiger partial charge >= 0.3 is 0 Å². The van der Waals surface area contributed by atoms with Gasteiger partial charge in [0.25, 0.3) is 0 Å². The average molecular weight is 238 g/mol. The Bertz CT molecular complexity index is 350. The van der Waals surface area contributed by atoms with Crippen molar-refractivity contribution in [3.05, 3.63) is 12.2 Å². The van der Waals surface area contributed by atoms with Crippen LogP contribution in [0.1, 0.15) is 26.1 Å². The summed E-state index contributed by atoms with van der Waals surface area (Å²) in [5, 5.41) is 17.5. The van der Waals surface area contributed by atoms with E-state index in [0.29, 0.717) is 5.92 Å². The zero-order chi connectivity index (χ0) is 12.3. The minimum absolute atomic E-state index is 0.208. The maximum Gasteiger partial charge on any atom is 0.138 e. The number of aliphatic hydroxyl groups is 1. The Morgan fingerprint density at radius 2 is 2.41 bits per heavy atom. The van der Waals surface area contributed by atoms with E-state index in [2.05, 4.69) is 29.2 Å². The summed E-state index contributed by atoms with van der Waals surface area (Å²) in [5.74, 6) is 1.81. The molecule has 5 nitrogen and oxygen atoms in total. The second kappa shape index (κ2) is 5.60. The summed E-state index contributed by atoms with van der Waals surface area (Å²) in [7, 11) is 0. The summed E-state index contributed by atoms with van der Waals surface area (Å²) < 4.78 is 1.96. The van der Waals surface area contributed by atoms with E-state index in [1.165, 1.54) is 0 Å². The Labute approximate surface area is 102 Å². The molecular weight excluding hydrogens is 216 g/mol. The summed E-state index contributed by atoms with van der Waals surface area (Å²) >= 11 is 0. The summed E-state index contributed by atoms with van der Waals surface area (Å²) in [6, 6.07) is 0. The standard InChI is InChI=1S/C12H22N4O/c1-9(2)7-16-12(14-8-15-16)5-10-6-13-4-3-11(10)17/h8-11,13,17H,3-7H2,1-2H3. The fourth-order valence-electron chi connectivity index (χ4n) is 2.30. The molecule has 0 bridgehead atoms. The first kappa shape index (κ1) is 12.5. The monoisotopic (exact) mass is 238 g/mol. The van der Waals surface area contributed by atoms with E-state index < -0.39 is 0 Å². The highest BCUT2D eigenvalue weighted by atomic mass is 16.3. The number of nitrogens with zero attached hydrogens (tertiary/aromatic N) is 3. The molecule has 2 heterocycles. The molecule has 0 aromatic carbocycles. The highest BCUT2D eigenvalue weighted by molar-refractivity contribution is 4.91. The Kier molecular flexibility index (Phi) is 4.12. The highest BCUT2D eigenvalue weighted by Crippen LogP contribution is 2.16. The molecule has 5 heteroatoms. The number of hydrogen-bond acceptors (Lipinski definition) is 4. The van der Waals surface area contributed by atoms with Gasteiger partial charge in [0.1, 0.15) is 12.2 Å². The van der Waals surface area contributed by atoms with E-state index >= 15 is 0 Å². The van der Waals surface area contributed by atoms with E-state index in [1.54, 1.807) is 6.33 Å². The van der Waals surface area contributed by atoms with Crippen molar-refractivity contribution in [3.8, 4) is 0 Å². The van der Waals surface area contributed by atoms with Gasteiger partial charge in [-0.05, 0) is 18.9 Å². The molecule has 0 spiro atoms. The van der Waals surface area contributed by atoms with Crippen LogP contribution in [0.15, 0.2) is 6.33 Å². The molecule has 0 amide bonds. The van der Waals surface area contributed by atoms with Gasteiger partial charge in [-0.2, -0.15) is 5.10 Å². The Morgan fingerprint density at radius 1 is 1.59 bits per heavy atom. The molecule has 2 atom stereocenters.